The van der Waals surface area contributed by atoms with Gasteiger partial charge in [-0.25, -0.2) is 4.39 Å². The molecule has 0 aromatic heterocycles. The van der Waals surface area contributed by atoms with Gasteiger partial charge in [0.15, 0.2) is 0 Å². The molecule has 2 saturated heterocycles. The van der Waals surface area contributed by atoms with Gasteiger partial charge in [-0.3, -0.25) is 19.8 Å². The van der Waals surface area contributed by atoms with Crippen LogP contribution in [-0.2, 0) is 0 Å². The van der Waals surface area contributed by atoms with Crippen LogP contribution in [0.5, 0.6) is 0 Å². The topological polar surface area (TPSA) is 78.7 Å². The monoisotopic (exact) mass is 358 g/mol. The van der Waals surface area contributed by atoms with E-state index in [4.69, 9.17) is 0 Å². The lowest BCUT2D eigenvalue weighted by molar-refractivity contribution is -0.385. The quantitative estimate of drug-likeness (QED) is 0.650. The molecule has 0 spiro atoms. The molecule has 0 bridgehead atoms. The highest BCUT2D eigenvalue weighted by Gasteiger charge is 2.31. The van der Waals surface area contributed by atoms with Gasteiger partial charge in [-0.2, -0.15) is 0 Å². The first-order valence-electron chi connectivity index (χ1n) is 7.73. The van der Waals surface area contributed by atoms with Crippen molar-refractivity contribution in [1.29, 1.82) is 0 Å². The fourth-order valence-electron chi connectivity index (χ4n) is 3.26. The third-order valence-electron chi connectivity index (χ3n) is 4.46. The third kappa shape index (κ3) is 4.00. The number of nitro groups is 1. The van der Waals surface area contributed by atoms with E-state index in [-0.39, 0.29) is 23.9 Å². The molecule has 0 saturated carbocycles. The second kappa shape index (κ2) is 7.87. The molecular weight excluding hydrogens is 339 g/mol. The molecule has 132 valence electrons. The van der Waals surface area contributed by atoms with Crippen LogP contribution in [0.1, 0.15) is 16.8 Å². The Kier molecular flexibility index (Phi) is 6.09. The van der Waals surface area contributed by atoms with Gasteiger partial charge in [-0.05, 0) is 12.5 Å². The van der Waals surface area contributed by atoms with Crippen LogP contribution in [-0.4, -0.2) is 65.9 Å². The number of halogens is 2. The number of nitrogens with one attached hydrogen (secondary N) is 1. The predicted molar refractivity (Wildman–Crippen MR) is 89.1 cm³/mol. The summed E-state index contributed by atoms with van der Waals surface area (Å²) < 4.78 is 13.5. The highest BCUT2D eigenvalue weighted by molar-refractivity contribution is 5.95. The largest absolute Gasteiger partial charge is 0.337 e. The molecule has 7 nitrogen and oxygen atoms in total. The SMILES string of the molecule is Cl.O=C(c1cc(F)cc([N+](=O)[O-])c1)N1CCC(N2CCNCC2)C1. The van der Waals surface area contributed by atoms with Gasteiger partial charge in [0.2, 0.25) is 0 Å². The number of hydrogen-bond donors (Lipinski definition) is 1. The molecule has 2 heterocycles. The number of nitrogens with zero attached hydrogens (tertiary/aromatic N) is 3. The number of non-ortho nitro benzene ring substituents is 1. The number of amides is 1. The summed E-state index contributed by atoms with van der Waals surface area (Å²) in [6.07, 6.45) is 0.878. The Labute approximate surface area is 145 Å². The van der Waals surface area contributed by atoms with E-state index >= 15 is 0 Å². The average molecular weight is 359 g/mol. The number of likely N-dealkylation sites (tertiary alicyclic amines) is 1. The van der Waals surface area contributed by atoms with E-state index in [1.54, 1.807) is 4.90 Å². The molecule has 1 atom stereocenters. The van der Waals surface area contributed by atoms with Crippen LogP contribution in [0.25, 0.3) is 0 Å². The Morgan fingerprint density at radius 3 is 2.62 bits per heavy atom. The van der Waals surface area contributed by atoms with Gasteiger partial charge >= 0.3 is 0 Å². The van der Waals surface area contributed by atoms with E-state index in [1.807, 2.05) is 0 Å². The predicted octanol–water partition coefficient (Wildman–Crippen LogP) is 1.28. The molecule has 2 aliphatic heterocycles. The van der Waals surface area contributed by atoms with Crippen LogP contribution in [0.15, 0.2) is 18.2 Å². The van der Waals surface area contributed by atoms with Gasteiger partial charge in [0.1, 0.15) is 5.82 Å². The second-order valence-corrected chi connectivity index (χ2v) is 5.93. The van der Waals surface area contributed by atoms with Crippen LogP contribution in [0, 0.1) is 15.9 Å². The first kappa shape index (κ1) is 18.6. The summed E-state index contributed by atoms with van der Waals surface area (Å²) in [5, 5.41) is 14.1. The Morgan fingerprint density at radius 1 is 1.25 bits per heavy atom. The molecule has 0 radical (unpaired) electrons. The molecule has 24 heavy (non-hydrogen) atoms. The van der Waals surface area contributed by atoms with Gasteiger partial charge in [-0.15, -0.1) is 12.4 Å². The summed E-state index contributed by atoms with van der Waals surface area (Å²) in [7, 11) is 0. The van der Waals surface area contributed by atoms with Crippen molar-refractivity contribution in [2.24, 2.45) is 0 Å². The van der Waals surface area contributed by atoms with E-state index < -0.39 is 16.4 Å². The molecule has 2 aliphatic rings. The maximum Gasteiger partial charge on any atom is 0.273 e. The van der Waals surface area contributed by atoms with Crippen molar-refractivity contribution in [2.45, 2.75) is 12.5 Å². The summed E-state index contributed by atoms with van der Waals surface area (Å²) in [4.78, 5) is 26.6. The minimum Gasteiger partial charge on any atom is -0.337 e. The van der Waals surface area contributed by atoms with E-state index in [0.717, 1.165) is 50.8 Å². The molecule has 1 N–H and O–H groups in total. The molecular formula is C15H20ClFN4O3. The zero-order valence-electron chi connectivity index (χ0n) is 13.1. The van der Waals surface area contributed by atoms with Gasteiger partial charge in [0.05, 0.1) is 11.0 Å². The minimum atomic E-state index is -0.764. The van der Waals surface area contributed by atoms with Crippen LogP contribution in [0.4, 0.5) is 10.1 Å². The van der Waals surface area contributed by atoms with E-state index in [9.17, 15) is 19.3 Å². The third-order valence-corrected chi connectivity index (χ3v) is 4.46. The number of nitro benzene ring substituents is 1. The van der Waals surface area contributed by atoms with Gasteiger partial charge in [0, 0.05) is 56.9 Å². The Hall–Kier alpha value is -1.77. The van der Waals surface area contributed by atoms with Crippen molar-refractivity contribution in [3.05, 3.63) is 39.7 Å². The lowest BCUT2D eigenvalue weighted by Gasteiger charge is -2.32. The zero-order valence-corrected chi connectivity index (χ0v) is 13.9. The van der Waals surface area contributed by atoms with Crippen molar-refractivity contribution in [3.8, 4) is 0 Å². The molecule has 2 fully saturated rings. The zero-order chi connectivity index (χ0) is 16.4. The first-order chi connectivity index (χ1) is 11.0. The Bertz CT molecular complexity index is 625. The van der Waals surface area contributed by atoms with Crippen LogP contribution < -0.4 is 5.32 Å². The normalized spacial score (nSPS) is 21.4. The van der Waals surface area contributed by atoms with Gasteiger partial charge in [-0.1, -0.05) is 0 Å². The van der Waals surface area contributed by atoms with Crippen molar-refractivity contribution < 1.29 is 14.1 Å². The molecule has 3 rings (SSSR count). The van der Waals surface area contributed by atoms with Crippen molar-refractivity contribution in [2.75, 3.05) is 39.3 Å². The fourth-order valence-corrected chi connectivity index (χ4v) is 3.26. The number of benzene rings is 1. The Morgan fingerprint density at radius 2 is 1.96 bits per heavy atom. The van der Waals surface area contributed by atoms with Gasteiger partial charge in [0.25, 0.3) is 11.6 Å². The van der Waals surface area contributed by atoms with Crippen molar-refractivity contribution >= 4 is 24.0 Å². The maximum absolute atomic E-state index is 13.5. The van der Waals surface area contributed by atoms with Crippen molar-refractivity contribution in [1.82, 2.24) is 15.1 Å². The molecule has 1 amide bonds. The van der Waals surface area contributed by atoms with Gasteiger partial charge < -0.3 is 10.2 Å². The number of carbonyl (C=O) groups is 1. The van der Waals surface area contributed by atoms with E-state index in [0.29, 0.717) is 19.1 Å². The summed E-state index contributed by atoms with van der Waals surface area (Å²) in [6.45, 7) is 4.98. The standard InChI is InChI=1S/C15H19FN4O3.ClH/c16-12-7-11(8-14(9-12)20(22)23)15(21)19-4-1-13(10-19)18-5-2-17-3-6-18;/h7-9,13,17H,1-6,10H2;1H. The lowest BCUT2D eigenvalue weighted by atomic mass is 10.1. The number of rotatable bonds is 3. The molecule has 1 unspecified atom stereocenters. The number of carbonyl (C=O) groups excluding carboxylic acids is 1. The average Bonchev–Trinajstić information content (AvgIpc) is 3.04. The smallest absolute Gasteiger partial charge is 0.273 e. The minimum absolute atomic E-state index is 0. The Balaban J connectivity index is 0.00000208. The summed E-state index contributed by atoms with van der Waals surface area (Å²) >= 11 is 0. The van der Waals surface area contributed by atoms with E-state index in [2.05, 4.69) is 10.2 Å². The molecule has 9 heteroatoms. The summed E-state index contributed by atoms with van der Waals surface area (Å²) in [6, 6.07) is 3.34. The highest BCUT2D eigenvalue weighted by atomic mass is 35.5. The molecule has 1 aromatic rings. The van der Waals surface area contributed by atoms with Crippen LogP contribution >= 0.6 is 12.4 Å². The van der Waals surface area contributed by atoms with E-state index in [1.165, 1.54) is 0 Å². The highest BCUT2D eigenvalue weighted by Crippen LogP contribution is 2.22. The lowest BCUT2D eigenvalue weighted by Crippen LogP contribution is -2.49. The van der Waals surface area contributed by atoms with Crippen LogP contribution in [0.3, 0.4) is 0 Å². The second-order valence-electron chi connectivity index (χ2n) is 5.93. The fraction of sp³-hybridized carbons (Fsp3) is 0.533. The molecule has 1 aromatic carbocycles. The molecule has 0 aliphatic carbocycles. The number of piperazine rings is 1. The summed E-state index contributed by atoms with van der Waals surface area (Å²) in [5.74, 6) is -1.11. The van der Waals surface area contributed by atoms with Crippen molar-refractivity contribution in [3.63, 3.8) is 0 Å². The summed E-state index contributed by atoms with van der Waals surface area (Å²) in [5.41, 5.74) is -0.358. The maximum atomic E-state index is 13.5. The van der Waals surface area contributed by atoms with Crippen LogP contribution in [0.2, 0.25) is 0 Å². The first-order valence-corrected chi connectivity index (χ1v) is 7.73. The number of hydrogen-bond acceptors (Lipinski definition) is 5.